The number of benzene rings is 1. The highest BCUT2D eigenvalue weighted by molar-refractivity contribution is 5.97. The quantitative estimate of drug-likeness (QED) is 0.824. The average Bonchev–Trinajstić information content (AvgIpc) is 2.61. The minimum Gasteiger partial charge on any atom is -0.496 e. The highest BCUT2D eigenvalue weighted by atomic mass is 16.5. The molecule has 2 fully saturated rings. The van der Waals surface area contributed by atoms with E-state index >= 15 is 0 Å². The summed E-state index contributed by atoms with van der Waals surface area (Å²) in [6.45, 7) is 4.49. The third-order valence-corrected chi connectivity index (χ3v) is 4.86. The van der Waals surface area contributed by atoms with Crippen LogP contribution in [0, 0.1) is 0 Å². The summed E-state index contributed by atoms with van der Waals surface area (Å²) in [6, 6.07) is 7.26. The molecule has 1 unspecified atom stereocenters. The first-order chi connectivity index (χ1) is 11.5. The molecule has 1 aromatic carbocycles. The Labute approximate surface area is 142 Å². The van der Waals surface area contributed by atoms with Gasteiger partial charge in [-0.1, -0.05) is 12.1 Å². The van der Waals surface area contributed by atoms with Gasteiger partial charge in [-0.25, -0.2) is 0 Å². The summed E-state index contributed by atoms with van der Waals surface area (Å²) in [5.41, 5.74) is 0.121. The number of methoxy groups -OCH3 is 1. The SMILES string of the molecule is COc1ccccc1C(=O)N1CCCC2(CN(C(C)=O)CCO2)C1. The largest absolute Gasteiger partial charge is 0.496 e. The van der Waals surface area contributed by atoms with Gasteiger partial charge in [0.05, 0.1) is 32.4 Å². The van der Waals surface area contributed by atoms with Gasteiger partial charge in [-0.15, -0.1) is 0 Å². The first kappa shape index (κ1) is 16.8. The molecule has 3 rings (SSSR count). The van der Waals surface area contributed by atoms with Gasteiger partial charge < -0.3 is 19.3 Å². The lowest BCUT2D eigenvalue weighted by Crippen LogP contribution is -2.61. The molecule has 2 amide bonds. The van der Waals surface area contributed by atoms with Crippen molar-refractivity contribution in [3.05, 3.63) is 29.8 Å². The Bertz CT molecular complexity index is 629. The number of likely N-dealkylation sites (tertiary alicyclic amines) is 1. The molecular weight excluding hydrogens is 308 g/mol. The third kappa shape index (κ3) is 3.24. The fourth-order valence-corrected chi connectivity index (χ4v) is 3.62. The summed E-state index contributed by atoms with van der Waals surface area (Å²) in [5, 5.41) is 0. The van der Waals surface area contributed by atoms with E-state index in [4.69, 9.17) is 9.47 Å². The summed E-state index contributed by atoms with van der Waals surface area (Å²) in [6.07, 6.45) is 1.74. The summed E-state index contributed by atoms with van der Waals surface area (Å²) >= 11 is 0. The van der Waals surface area contributed by atoms with Crippen LogP contribution in [0.25, 0.3) is 0 Å². The fraction of sp³-hybridized carbons (Fsp3) is 0.556. The molecule has 1 aromatic rings. The monoisotopic (exact) mass is 332 g/mol. The van der Waals surface area contributed by atoms with Crippen molar-refractivity contribution >= 4 is 11.8 Å². The van der Waals surface area contributed by atoms with Gasteiger partial charge in [0.15, 0.2) is 0 Å². The minimum absolute atomic E-state index is 0.0462. The average molecular weight is 332 g/mol. The maximum atomic E-state index is 12.9. The number of carbonyl (C=O) groups excluding carboxylic acids is 2. The van der Waals surface area contributed by atoms with Crippen LogP contribution >= 0.6 is 0 Å². The molecule has 0 aliphatic carbocycles. The number of hydrogen-bond acceptors (Lipinski definition) is 4. The van der Waals surface area contributed by atoms with Gasteiger partial charge in [-0.3, -0.25) is 9.59 Å². The minimum atomic E-state index is -0.445. The predicted molar refractivity (Wildman–Crippen MR) is 89.1 cm³/mol. The molecule has 0 bridgehead atoms. The van der Waals surface area contributed by atoms with E-state index in [-0.39, 0.29) is 11.8 Å². The van der Waals surface area contributed by atoms with Gasteiger partial charge in [-0.05, 0) is 25.0 Å². The number of ether oxygens (including phenoxy) is 2. The Morgan fingerprint density at radius 3 is 2.67 bits per heavy atom. The van der Waals surface area contributed by atoms with Crippen molar-refractivity contribution in [3.63, 3.8) is 0 Å². The molecule has 2 heterocycles. The third-order valence-electron chi connectivity index (χ3n) is 4.86. The van der Waals surface area contributed by atoms with E-state index in [0.29, 0.717) is 44.1 Å². The van der Waals surface area contributed by atoms with E-state index in [2.05, 4.69) is 0 Å². The van der Waals surface area contributed by atoms with Crippen molar-refractivity contribution in [2.75, 3.05) is 39.9 Å². The summed E-state index contributed by atoms with van der Waals surface area (Å²) in [5.74, 6) is 0.595. The Morgan fingerprint density at radius 1 is 1.17 bits per heavy atom. The number of morpholine rings is 1. The molecule has 2 saturated heterocycles. The molecule has 0 aromatic heterocycles. The second kappa shape index (κ2) is 6.81. The van der Waals surface area contributed by atoms with Crippen LogP contribution in [0.4, 0.5) is 0 Å². The van der Waals surface area contributed by atoms with Crippen LogP contribution in [0.5, 0.6) is 5.75 Å². The van der Waals surface area contributed by atoms with Crippen LogP contribution in [-0.4, -0.2) is 67.1 Å². The summed E-state index contributed by atoms with van der Waals surface area (Å²) < 4.78 is 11.4. The Balaban J connectivity index is 1.78. The van der Waals surface area contributed by atoms with E-state index in [1.807, 2.05) is 21.9 Å². The molecule has 0 N–H and O–H groups in total. The lowest BCUT2D eigenvalue weighted by Gasteiger charge is -2.47. The molecular formula is C18H24N2O4. The number of amides is 2. The van der Waals surface area contributed by atoms with Crippen molar-refractivity contribution in [1.29, 1.82) is 0 Å². The lowest BCUT2D eigenvalue weighted by atomic mass is 9.90. The zero-order valence-electron chi connectivity index (χ0n) is 14.3. The van der Waals surface area contributed by atoms with Crippen molar-refractivity contribution < 1.29 is 19.1 Å². The molecule has 1 spiro atoms. The molecule has 24 heavy (non-hydrogen) atoms. The maximum Gasteiger partial charge on any atom is 0.257 e. The van der Waals surface area contributed by atoms with E-state index in [9.17, 15) is 9.59 Å². The zero-order chi connectivity index (χ0) is 17.2. The molecule has 1 atom stereocenters. The van der Waals surface area contributed by atoms with E-state index in [0.717, 1.165) is 12.8 Å². The van der Waals surface area contributed by atoms with Crippen molar-refractivity contribution in [2.45, 2.75) is 25.4 Å². The zero-order valence-corrected chi connectivity index (χ0v) is 14.3. The van der Waals surface area contributed by atoms with E-state index < -0.39 is 5.60 Å². The normalized spacial score (nSPS) is 24.1. The number of rotatable bonds is 2. The Hall–Kier alpha value is -2.08. The van der Waals surface area contributed by atoms with Crippen LogP contribution in [0.15, 0.2) is 24.3 Å². The van der Waals surface area contributed by atoms with Crippen molar-refractivity contribution in [2.24, 2.45) is 0 Å². The van der Waals surface area contributed by atoms with Gasteiger partial charge in [0, 0.05) is 20.0 Å². The number of piperidine rings is 1. The second-order valence-corrected chi connectivity index (χ2v) is 6.50. The van der Waals surface area contributed by atoms with Gasteiger partial charge >= 0.3 is 0 Å². The van der Waals surface area contributed by atoms with Gasteiger partial charge in [0.25, 0.3) is 5.91 Å². The molecule has 0 saturated carbocycles. The Kier molecular flexibility index (Phi) is 4.76. The number of para-hydroxylation sites is 1. The second-order valence-electron chi connectivity index (χ2n) is 6.50. The first-order valence-electron chi connectivity index (χ1n) is 8.36. The van der Waals surface area contributed by atoms with Gasteiger partial charge in [0.2, 0.25) is 5.91 Å². The smallest absolute Gasteiger partial charge is 0.257 e. The van der Waals surface area contributed by atoms with Crippen LogP contribution < -0.4 is 4.74 Å². The highest BCUT2D eigenvalue weighted by Crippen LogP contribution is 2.31. The van der Waals surface area contributed by atoms with Crippen LogP contribution in [-0.2, 0) is 9.53 Å². The molecule has 130 valence electrons. The number of hydrogen-bond donors (Lipinski definition) is 0. The number of nitrogens with zero attached hydrogens (tertiary/aromatic N) is 2. The molecule has 6 nitrogen and oxygen atoms in total. The fourth-order valence-electron chi connectivity index (χ4n) is 3.62. The Morgan fingerprint density at radius 2 is 1.92 bits per heavy atom. The molecule has 2 aliphatic heterocycles. The molecule has 6 heteroatoms. The topological polar surface area (TPSA) is 59.1 Å². The first-order valence-corrected chi connectivity index (χ1v) is 8.36. The molecule has 2 aliphatic rings. The lowest BCUT2D eigenvalue weighted by molar-refractivity contribution is -0.157. The molecule has 0 radical (unpaired) electrons. The van der Waals surface area contributed by atoms with Crippen LogP contribution in [0.3, 0.4) is 0 Å². The standard InChI is InChI=1S/C18H24N2O4/c1-14(21)19-10-11-24-18(12-19)8-5-9-20(13-18)17(22)15-6-3-4-7-16(15)23-2/h3-4,6-7H,5,8-13H2,1-2H3. The highest BCUT2D eigenvalue weighted by Gasteiger charge is 2.42. The summed E-state index contributed by atoms with van der Waals surface area (Å²) in [7, 11) is 1.57. The van der Waals surface area contributed by atoms with Crippen molar-refractivity contribution in [1.82, 2.24) is 9.80 Å². The van der Waals surface area contributed by atoms with E-state index in [1.54, 1.807) is 26.2 Å². The van der Waals surface area contributed by atoms with Crippen LogP contribution in [0.2, 0.25) is 0 Å². The van der Waals surface area contributed by atoms with Crippen molar-refractivity contribution in [3.8, 4) is 5.75 Å². The van der Waals surface area contributed by atoms with Gasteiger partial charge in [0.1, 0.15) is 11.4 Å². The summed E-state index contributed by atoms with van der Waals surface area (Å²) in [4.78, 5) is 28.3. The maximum absolute atomic E-state index is 12.9. The number of carbonyl (C=O) groups is 2. The van der Waals surface area contributed by atoms with E-state index in [1.165, 1.54) is 0 Å². The predicted octanol–water partition coefficient (Wildman–Crippen LogP) is 1.55. The van der Waals surface area contributed by atoms with Gasteiger partial charge in [-0.2, -0.15) is 0 Å². The van der Waals surface area contributed by atoms with Crippen LogP contribution in [0.1, 0.15) is 30.1 Å².